The first kappa shape index (κ1) is 25.6. The monoisotopic (exact) mass is 464 g/mol. The van der Waals surface area contributed by atoms with E-state index in [0.29, 0.717) is 37.5 Å². The maximum atomic E-state index is 13.6. The van der Waals surface area contributed by atoms with Crippen molar-refractivity contribution in [3.05, 3.63) is 22.8 Å². The normalized spacial score (nSPS) is 29.9. The van der Waals surface area contributed by atoms with Crippen LogP contribution in [0.25, 0.3) is 0 Å². The van der Waals surface area contributed by atoms with Gasteiger partial charge >= 0.3 is 0 Å². The molecule has 2 saturated heterocycles. The average molecular weight is 465 g/mol. The highest BCUT2D eigenvalue weighted by Crippen LogP contribution is 2.51. The third kappa shape index (κ3) is 4.67. The number of carbonyl (C=O) groups is 2. The van der Waals surface area contributed by atoms with Crippen LogP contribution in [0.15, 0.2) is 6.07 Å². The first-order valence-corrected chi connectivity index (χ1v) is 11.9. The van der Waals surface area contributed by atoms with Crippen LogP contribution in [-0.2, 0) is 15.9 Å². The molecule has 0 aliphatic carbocycles. The molecule has 3 rings (SSSR count). The van der Waals surface area contributed by atoms with Crippen LogP contribution in [0.3, 0.4) is 0 Å². The molecule has 2 fully saturated rings. The molecular formula is C25H36O8. The molecule has 0 amide bonds. The van der Waals surface area contributed by atoms with E-state index in [2.05, 4.69) is 0 Å². The van der Waals surface area contributed by atoms with Gasteiger partial charge in [0.05, 0.1) is 29.4 Å². The zero-order valence-corrected chi connectivity index (χ0v) is 19.8. The van der Waals surface area contributed by atoms with Gasteiger partial charge in [0.2, 0.25) is 0 Å². The Morgan fingerprint density at radius 2 is 1.91 bits per heavy atom. The van der Waals surface area contributed by atoms with Gasteiger partial charge in [-0.2, -0.15) is 0 Å². The first-order chi connectivity index (χ1) is 15.6. The van der Waals surface area contributed by atoms with E-state index in [-0.39, 0.29) is 35.3 Å². The van der Waals surface area contributed by atoms with E-state index >= 15 is 0 Å². The lowest BCUT2D eigenvalue weighted by atomic mass is 9.80. The van der Waals surface area contributed by atoms with Gasteiger partial charge in [-0.3, -0.25) is 9.59 Å². The molecule has 0 radical (unpaired) electrons. The zero-order chi connectivity index (χ0) is 24.5. The average Bonchev–Trinajstić information content (AvgIpc) is 3.47. The first-order valence-electron chi connectivity index (χ1n) is 11.9. The molecule has 0 bridgehead atoms. The number of hydrogen-bond acceptors (Lipinski definition) is 8. The van der Waals surface area contributed by atoms with E-state index in [9.17, 15) is 30.0 Å². The standard InChI is InChI=1S/C25H36O8/c1-5-7-15(18-11-19(27)25(24(31)32-18)20(33-25)8-6-2)22(29)16-10-14(9-13(3)4)21(28)17(12-26)23(16)30/h10,12-13,15,18-20,24,27-28,30-31H,5-9,11H2,1-4H3/t15-,18+,19+,20-,24+,25-/m0/s1. The van der Waals surface area contributed by atoms with Crippen LogP contribution in [0.4, 0.5) is 0 Å². The van der Waals surface area contributed by atoms with Gasteiger partial charge in [0.15, 0.2) is 24.0 Å². The summed E-state index contributed by atoms with van der Waals surface area (Å²) in [5.74, 6) is -1.96. The van der Waals surface area contributed by atoms with Crippen molar-refractivity contribution in [3.63, 3.8) is 0 Å². The van der Waals surface area contributed by atoms with Gasteiger partial charge in [-0.15, -0.1) is 0 Å². The van der Waals surface area contributed by atoms with Crippen molar-refractivity contribution >= 4 is 12.1 Å². The van der Waals surface area contributed by atoms with Crippen LogP contribution >= 0.6 is 0 Å². The zero-order valence-electron chi connectivity index (χ0n) is 19.8. The third-order valence-corrected chi connectivity index (χ3v) is 6.79. The molecular weight excluding hydrogens is 428 g/mol. The summed E-state index contributed by atoms with van der Waals surface area (Å²) >= 11 is 0. The second-order valence-corrected chi connectivity index (χ2v) is 9.70. The van der Waals surface area contributed by atoms with Crippen LogP contribution in [-0.4, -0.2) is 62.7 Å². The topological polar surface area (TPSA) is 137 Å². The summed E-state index contributed by atoms with van der Waals surface area (Å²) in [5, 5.41) is 42.5. The van der Waals surface area contributed by atoms with Gasteiger partial charge in [-0.1, -0.05) is 40.5 Å². The molecule has 8 nitrogen and oxygen atoms in total. The predicted molar refractivity (Wildman–Crippen MR) is 120 cm³/mol. The van der Waals surface area contributed by atoms with Gasteiger partial charge in [0.25, 0.3) is 0 Å². The van der Waals surface area contributed by atoms with Crippen LogP contribution in [0.2, 0.25) is 0 Å². The summed E-state index contributed by atoms with van der Waals surface area (Å²) in [6.45, 7) is 7.77. The Hall–Kier alpha value is -2.00. The number of ketones is 1. The highest BCUT2D eigenvalue weighted by molar-refractivity contribution is 6.04. The van der Waals surface area contributed by atoms with Crippen LogP contribution < -0.4 is 0 Å². The van der Waals surface area contributed by atoms with E-state index in [1.807, 2.05) is 27.7 Å². The molecule has 184 valence electrons. The van der Waals surface area contributed by atoms with Crippen molar-refractivity contribution < 1.29 is 39.5 Å². The molecule has 4 N–H and O–H groups in total. The lowest BCUT2D eigenvalue weighted by Gasteiger charge is -2.39. The number of rotatable bonds is 10. The molecule has 0 saturated carbocycles. The number of aliphatic hydroxyl groups is 2. The minimum Gasteiger partial charge on any atom is -0.507 e. The summed E-state index contributed by atoms with van der Waals surface area (Å²) in [7, 11) is 0. The Kier molecular flexibility index (Phi) is 7.84. The van der Waals surface area contributed by atoms with Gasteiger partial charge in [-0.25, -0.2) is 0 Å². The molecule has 33 heavy (non-hydrogen) atoms. The van der Waals surface area contributed by atoms with Crippen molar-refractivity contribution in [2.24, 2.45) is 11.8 Å². The number of ether oxygens (including phenoxy) is 2. The van der Waals surface area contributed by atoms with Gasteiger partial charge < -0.3 is 29.9 Å². The molecule has 1 spiro atoms. The molecule has 2 aliphatic rings. The van der Waals surface area contributed by atoms with E-state index in [0.717, 1.165) is 6.42 Å². The number of phenolic OH excluding ortho intramolecular Hbond substituents is 2. The number of phenols is 2. The molecule has 0 unspecified atom stereocenters. The number of aldehydes is 1. The molecule has 2 heterocycles. The molecule has 0 aromatic heterocycles. The number of benzene rings is 1. The van der Waals surface area contributed by atoms with Crippen LogP contribution in [0, 0.1) is 11.8 Å². The van der Waals surface area contributed by atoms with Crippen molar-refractivity contribution in [2.45, 2.75) is 96.4 Å². The fraction of sp³-hybridized carbons (Fsp3) is 0.680. The molecule has 1 aromatic rings. The summed E-state index contributed by atoms with van der Waals surface area (Å²) in [5.41, 5.74) is -1.13. The van der Waals surface area contributed by atoms with E-state index in [4.69, 9.17) is 9.47 Å². The third-order valence-electron chi connectivity index (χ3n) is 6.79. The SMILES string of the molecule is CCC[C@H](C(=O)c1cc(CC(C)C)c(O)c(C=O)c1O)[C@H]1C[C@@H](O)[C@@]2(O[C@H]2CCC)[C@H](O)O1. The predicted octanol–water partition coefficient (Wildman–Crippen LogP) is 3.11. The second-order valence-electron chi connectivity index (χ2n) is 9.70. The summed E-state index contributed by atoms with van der Waals surface area (Å²) in [4.78, 5) is 25.2. The van der Waals surface area contributed by atoms with Gasteiger partial charge in [0, 0.05) is 12.3 Å². The Labute approximate surface area is 194 Å². The van der Waals surface area contributed by atoms with E-state index in [1.54, 1.807) is 0 Å². The van der Waals surface area contributed by atoms with Crippen molar-refractivity contribution in [1.29, 1.82) is 0 Å². The van der Waals surface area contributed by atoms with Gasteiger partial charge in [0.1, 0.15) is 11.5 Å². The maximum absolute atomic E-state index is 13.6. The number of hydrogen-bond donors (Lipinski definition) is 4. The Morgan fingerprint density at radius 1 is 1.21 bits per heavy atom. The largest absolute Gasteiger partial charge is 0.507 e. The summed E-state index contributed by atoms with van der Waals surface area (Å²) in [6.07, 6.45) is -0.0366. The van der Waals surface area contributed by atoms with Crippen LogP contribution in [0.5, 0.6) is 11.5 Å². The fourth-order valence-electron chi connectivity index (χ4n) is 5.06. The van der Waals surface area contributed by atoms with Gasteiger partial charge in [-0.05, 0) is 36.8 Å². The van der Waals surface area contributed by atoms with E-state index < -0.39 is 41.5 Å². The van der Waals surface area contributed by atoms with Crippen molar-refractivity contribution in [2.75, 3.05) is 0 Å². The molecule has 2 aliphatic heterocycles. The minimum atomic E-state index is -1.37. The fourth-order valence-corrected chi connectivity index (χ4v) is 5.06. The number of Topliss-reactive ketones (excluding diaryl/α,β-unsaturated/α-hetero) is 1. The number of epoxide rings is 1. The number of aliphatic hydroxyl groups excluding tert-OH is 2. The molecule has 6 atom stereocenters. The number of aromatic hydroxyl groups is 2. The Bertz CT molecular complexity index is 868. The number of carbonyl (C=O) groups excluding carboxylic acids is 2. The quantitative estimate of drug-likeness (QED) is 0.235. The lowest BCUT2D eigenvalue weighted by molar-refractivity contribution is -0.239. The second kappa shape index (κ2) is 10.1. The molecule has 8 heteroatoms. The molecule has 1 aromatic carbocycles. The van der Waals surface area contributed by atoms with Crippen molar-refractivity contribution in [3.8, 4) is 11.5 Å². The van der Waals surface area contributed by atoms with Crippen LogP contribution in [0.1, 0.15) is 86.1 Å². The lowest BCUT2D eigenvalue weighted by Crippen LogP contribution is -2.55. The summed E-state index contributed by atoms with van der Waals surface area (Å²) < 4.78 is 11.5. The van der Waals surface area contributed by atoms with Crippen molar-refractivity contribution in [1.82, 2.24) is 0 Å². The Morgan fingerprint density at radius 3 is 2.45 bits per heavy atom. The smallest absolute Gasteiger partial charge is 0.189 e. The minimum absolute atomic E-state index is 0.0663. The highest BCUT2D eigenvalue weighted by Gasteiger charge is 2.69. The highest BCUT2D eigenvalue weighted by atomic mass is 16.7. The Balaban J connectivity index is 1.92. The maximum Gasteiger partial charge on any atom is 0.189 e. The summed E-state index contributed by atoms with van der Waals surface area (Å²) in [6, 6.07) is 1.43. The van der Waals surface area contributed by atoms with E-state index in [1.165, 1.54) is 6.07 Å².